The molecule has 0 spiro atoms. The van der Waals surface area contributed by atoms with Crippen molar-refractivity contribution in [2.75, 3.05) is 0 Å². The lowest BCUT2D eigenvalue weighted by molar-refractivity contribution is -0.131. The van der Waals surface area contributed by atoms with Crippen LogP contribution in [0.3, 0.4) is 0 Å². The molecule has 0 saturated carbocycles. The van der Waals surface area contributed by atoms with Gasteiger partial charge in [-0.3, -0.25) is 0 Å². The molecule has 134 valence electrons. The summed E-state index contributed by atoms with van der Waals surface area (Å²) in [5, 5.41) is 19.3. The zero-order chi connectivity index (χ0) is 18.1. The van der Waals surface area contributed by atoms with Crippen molar-refractivity contribution in [2.45, 2.75) is 65.6 Å². The third-order valence-corrected chi connectivity index (χ3v) is 3.89. The highest BCUT2D eigenvalue weighted by Gasteiger charge is 2.17. The third-order valence-electron chi connectivity index (χ3n) is 3.89. The van der Waals surface area contributed by atoms with Gasteiger partial charge in [-0.05, 0) is 49.5 Å². The minimum Gasteiger partial charge on any atom is -0.502 e. The minimum atomic E-state index is -1.03. The normalized spacial score (nSPS) is 11.4. The van der Waals surface area contributed by atoms with Crippen LogP contribution in [0.25, 0.3) is 6.08 Å². The van der Waals surface area contributed by atoms with Gasteiger partial charge in [-0.15, -0.1) is 0 Å². The molecule has 1 aromatic rings. The summed E-state index contributed by atoms with van der Waals surface area (Å²) < 4.78 is 11.7. The smallest absolute Gasteiger partial charge is 0.328 e. The molecule has 0 heterocycles. The quantitative estimate of drug-likeness (QED) is 0.609. The summed E-state index contributed by atoms with van der Waals surface area (Å²) in [7, 11) is 0. The Labute approximate surface area is 143 Å². The maximum atomic E-state index is 10.8. The van der Waals surface area contributed by atoms with Crippen molar-refractivity contribution >= 4 is 12.0 Å². The molecule has 0 fully saturated rings. The zero-order valence-electron chi connectivity index (χ0n) is 14.9. The van der Waals surface area contributed by atoms with Crippen LogP contribution in [-0.2, 0) is 4.79 Å². The highest BCUT2D eigenvalue weighted by atomic mass is 16.5. The number of rotatable bonds is 10. The first kappa shape index (κ1) is 19.9. The van der Waals surface area contributed by atoms with E-state index >= 15 is 0 Å². The lowest BCUT2D eigenvalue weighted by atomic mass is 10.1. The molecule has 5 heteroatoms. The lowest BCUT2D eigenvalue weighted by Crippen LogP contribution is -2.16. The molecule has 2 N–H and O–H groups in total. The molecule has 0 aliphatic heterocycles. The van der Waals surface area contributed by atoms with E-state index in [9.17, 15) is 9.90 Å². The van der Waals surface area contributed by atoms with Crippen molar-refractivity contribution in [3.05, 3.63) is 23.8 Å². The lowest BCUT2D eigenvalue weighted by Gasteiger charge is -2.21. The second kappa shape index (κ2) is 9.85. The van der Waals surface area contributed by atoms with Crippen molar-refractivity contribution < 1.29 is 24.5 Å². The molecule has 0 atom stereocenters. The van der Waals surface area contributed by atoms with Gasteiger partial charge < -0.3 is 19.7 Å². The summed E-state index contributed by atoms with van der Waals surface area (Å²) in [6.07, 6.45) is 5.73. The van der Waals surface area contributed by atoms with Gasteiger partial charge >= 0.3 is 5.97 Å². The van der Waals surface area contributed by atoms with Crippen LogP contribution in [0.5, 0.6) is 17.2 Å². The number of aromatic hydroxyl groups is 1. The average Bonchev–Trinajstić information content (AvgIpc) is 2.58. The van der Waals surface area contributed by atoms with Crippen molar-refractivity contribution in [1.29, 1.82) is 0 Å². The van der Waals surface area contributed by atoms with Crippen molar-refractivity contribution in [1.82, 2.24) is 0 Å². The van der Waals surface area contributed by atoms with E-state index in [2.05, 4.69) is 0 Å². The summed E-state index contributed by atoms with van der Waals surface area (Å²) in [4.78, 5) is 10.8. The molecule has 0 aliphatic carbocycles. The molecule has 5 nitrogen and oxygen atoms in total. The Morgan fingerprint density at radius 1 is 1.00 bits per heavy atom. The standard InChI is InChI=1S/C19H28O5/c1-5-14(6-2)23-16-11-13(9-10-18(20)21)12-17(19(16)22)24-15(7-3)8-4/h9-12,14-15,22H,5-8H2,1-4H3,(H,20,21)/b10-9+. The number of hydrogen-bond donors (Lipinski definition) is 2. The van der Waals surface area contributed by atoms with Gasteiger partial charge in [0.05, 0.1) is 12.2 Å². The van der Waals surface area contributed by atoms with E-state index in [1.165, 1.54) is 6.08 Å². The van der Waals surface area contributed by atoms with E-state index in [0.717, 1.165) is 31.8 Å². The summed E-state index contributed by atoms with van der Waals surface area (Å²) in [5.41, 5.74) is 0.608. The maximum Gasteiger partial charge on any atom is 0.328 e. The Hall–Kier alpha value is -2.17. The van der Waals surface area contributed by atoms with E-state index in [1.807, 2.05) is 27.7 Å². The Morgan fingerprint density at radius 3 is 1.75 bits per heavy atom. The van der Waals surface area contributed by atoms with E-state index in [4.69, 9.17) is 14.6 Å². The fraction of sp³-hybridized carbons (Fsp3) is 0.526. The first-order valence-corrected chi connectivity index (χ1v) is 8.56. The van der Waals surface area contributed by atoms with Gasteiger partial charge in [0.15, 0.2) is 11.5 Å². The molecular weight excluding hydrogens is 308 g/mol. The minimum absolute atomic E-state index is 0.0180. The molecule has 0 amide bonds. The second-order valence-electron chi connectivity index (χ2n) is 5.65. The summed E-state index contributed by atoms with van der Waals surface area (Å²) in [6, 6.07) is 3.26. The predicted octanol–water partition coefficient (Wildman–Crippen LogP) is 4.62. The number of carboxylic acids is 1. The van der Waals surface area contributed by atoms with Gasteiger partial charge in [0, 0.05) is 6.08 Å². The van der Waals surface area contributed by atoms with Crippen LogP contribution in [0, 0.1) is 0 Å². The van der Waals surface area contributed by atoms with Crippen LogP contribution in [0.4, 0.5) is 0 Å². The summed E-state index contributed by atoms with van der Waals surface area (Å²) in [5.74, 6) is -0.441. The molecule has 0 bridgehead atoms. The van der Waals surface area contributed by atoms with Gasteiger partial charge in [0.2, 0.25) is 5.75 Å². The van der Waals surface area contributed by atoms with Crippen LogP contribution < -0.4 is 9.47 Å². The first-order valence-electron chi connectivity index (χ1n) is 8.56. The number of phenolic OH excluding ortho intramolecular Hbond substituents is 1. The molecule has 0 aromatic heterocycles. The number of ether oxygens (including phenoxy) is 2. The molecule has 1 rings (SSSR count). The van der Waals surface area contributed by atoms with Crippen LogP contribution >= 0.6 is 0 Å². The SMILES string of the molecule is CCC(CC)Oc1cc(/C=C/C(=O)O)cc(OC(CC)CC)c1O. The monoisotopic (exact) mass is 336 g/mol. The third kappa shape index (κ3) is 5.80. The molecule has 1 aromatic carbocycles. The Balaban J connectivity index is 3.24. The topological polar surface area (TPSA) is 76.0 Å². The maximum absolute atomic E-state index is 10.8. The highest BCUT2D eigenvalue weighted by molar-refractivity contribution is 5.85. The molecule has 0 radical (unpaired) electrons. The van der Waals surface area contributed by atoms with Crippen molar-refractivity contribution in [3.8, 4) is 17.2 Å². The molecular formula is C19H28O5. The number of hydrogen-bond acceptors (Lipinski definition) is 4. The molecule has 0 saturated heterocycles. The van der Waals surface area contributed by atoms with E-state index in [1.54, 1.807) is 12.1 Å². The Morgan fingerprint density at radius 2 is 1.42 bits per heavy atom. The number of carboxylic acid groups (broad SMARTS) is 1. The number of aliphatic carboxylic acids is 1. The largest absolute Gasteiger partial charge is 0.502 e. The fourth-order valence-electron chi connectivity index (χ4n) is 2.32. The summed E-state index contributed by atoms with van der Waals surface area (Å²) in [6.45, 7) is 8.06. The van der Waals surface area contributed by atoms with Crippen LogP contribution in [0.15, 0.2) is 18.2 Å². The molecule has 0 aliphatic rings. The van der Waals surface area contributed by atoms with Crippen LogP contribution in [-0.4, -0.2) is 28.4 Å². The second-order valence-corrected chi connectivity index (χ2v) is 5.65. The van der Waals surface area contributed by atoms with Gasteiger partial charge in [-0.2, -0.15) is 0 Å². The van der Waals surface area contributed by atoms with Gasteiger partial charge in [-0.1, -0.05) is 27.7 Å². The van der Waals surface area contributed by atoms with Crippen molar-refractivity contribution in [2.24, 2.45) is 0 Å². The Kier molecular flexibility index (Phi) is 8.16. The van der Waals surface area contributed by atoms with E-state index in [-0.39, 0.29) is 18.0 Å². The fourth-order valence-corrected chi connectivity index (χ4v) is 2.32. The van der Waals surface area contributed by atoms with Gasteiger partial charge in [0.1, 0.15) is 0 Å². The number of carbonyl (C=O) groups is 1. The first-order chi connectivity index (χ1) is 11.4. The average molecular weight is 336 g/mol. The highest BCUT2D eigenvalue weighted by Crippen LogP contribution is 2.39. The predicted molar refractivity (Wildman–Crippen MR) is 94.8 cm³/mol. The van der Waals surface area contributed by atoms with Crippen molar-refractivity contribution in [3.63, 3.8) is 0 Å². The molecule has 0 unspecified atom stereocenters. The number of benzene rings is 1. The number of phenols is 1. The van der Waals surface area contributed by atoms with Crippen LogP contribution in [0.1, 0.15) is 58.9 Å². The van der Waals surface area contributed by atoms with Gasteiger partial charge in [-0.25, -0.2) is 4.79 Å². The van der Waals surface area contributed by atoms with E-state index in [0.29, 0.717) is 17.1 Å². The Bertz CT molecular complexity index is 522. The molecule has 24 heavy (non-hydrogen) atoms. The van der Waals surface area contributed by atoms with E-state index < -0.39 is 5.97 Å². The van der Waals surface area contributed by atoms with Gasteiger partial charge in [0.25, 0.3) is 0 Å². The van der Waals surface area contributed by atoms with Crippen LogP contribution in [0.2, 0.25) is 0 Å². The zero-order valence-corrected chi connectivity index (χ0v) is 14.9. The summed E-state index contributed by atoms with van der Waals surface area (Å²) >= 11 is 0.